The van der Waals surface area contributed by atoms with Crippen LogP contribution in [0.3, 0.4) is 0 Å². The molecule has 0 bridgehead atoms. The van der Waals surface area contributed by atoms with Gasteiger partial charge in [0.1, 0.15) is 0 Å². The van der Waals surface area contributed by atoms with Crippen molar-refractivity contribution in [1.82, 2.24) is 10.3 Å². The van der Waals surface area contributed by atoms with Crippen molar-refractivity contribution in [3.05, 3.63) is 64.9 Å². The van der Waals surface area contributed by atoms with Crippen LogP contribution in [0.2, 0.25) is 5.02 Å². The van der Waals surface area contributed by atoms with E-state index in [0.717, 1.165) is 11.4 Å². The van der Waals surface area contributed by atoms with Gasteiger partial charge in [0.25, 0.3) is 0 Å². The van der Waals surface area contributed by atoms with Crippen LogP contribution in [0, 0.1) is 0 Å². The Bertz CT molecular complexity index is 471. The molecule has 88 valence electrons. The summed E-state index contributed by atoms with van der Waals surface area (Å²) in [5.74, 6) is 0. The molecule has 3 heteroatoms. The Balaban J connectivity index is 2.16. The Labute approximate surface area is 107 Å². The van der Waals surface area contributed by atoms with Crippen molar-refractivity contribution in [2.45, 2.75) is 12.5 Å². The zero-order chi connectivity index (χ0) is 12.1. The highest BCUT2D eigenvalue weighted by molar-refractivity contribution is 6.30. The molecule has 0 saturated carbocycles. The van der Waals surface area contributed by atoms with Gasteiger partial charge in [0, 0.05) is 23.5 Å². The minimum absolute atomic E-state index is 0.288. The van der Waals surface area contributed by atoms with Crippen molar-refractivity contribution >= 4 is 11.6 Å². The molecule has 0 spiro atoms. The molecular weight excluding hydrogens is 232 g/mol. The van der Waals surface area contributed by atoms with Gasteiger partial charge in [-0.2, -0.15) is 0 Å². The van der Waals surface area contributed by atoms with E-state index in [1.165, 1.54) is 11.1 Å². The van der Waals surface area contributed by atoms with Crippen LogP contribution < -0.4 is 5.32 Å². The van der Waals surface area contributed by atoms with Gasteiger partial charge in [0.05, 0.1) is 0 Å². The molecule has 1 aromatic heterocycles. The van der Waals surface area contributed by atoms with Crippen LogP contribution in [-0.4, -0.2) is 12.0 Å². The van der Waals surface area contributed by atoms with E-state index in [0.29, 0.717) is 0 Å². The van der Waals surface area contributed by atoms with Crippen LogP contribution in [0.15, 0.2) is 48.8 Å². The number of nitrogens with zero attached hydrogens (tertiary/aromatic N) is 1. The van der Waals surface area contributed by atoms with Gasteiger partial charge in [-0.25, -0.2) is 0 Å². The molecule has 1 atom stereocenters. The first-order chi connectivity index (χ1) is 8.29. The molecule has 0 radical (unpaired) electrons. The first-order valence-electron chi connectivity index (χ1n) is 5.61. The van der Waals surface area contributed by atoms with Gasteiger partial charge in [0.2, 0.25) is 0 Å². The molecule has 17 heavy (non-hydrogen) atoms. The zero-order valence-corrected chi connectivity index (χ0v) is 10.5. The normalized spacial score (nSPS) is 12.4. The summed E-state index contributed by atoms with van der Waals surface area (Å²) in [6, 6.07) is 12.3. The minimum atomic E-state index is 0.288. The van der Waals surface area contributed by atoms with Crippen LogP contribution in [0.1, 0.15) is 17.2 Å². The Hall–Kier alpha value is -1.38. The maximum Gasteiger partial charge on any atom is 0.0408 e. The fraction of sp³-hybridized carbons (Fsp3) is 0.214. The third-order valence-electron chi connectivity index (χ3n) is 2.79. The number of pyridine rings is 1. The summed E-state index contributed by atoms with van der Waals surface area (Å²) >= 11 is 5.99. The molecular formula is C14H15ClN2. The van der Waals surface area contributed by atoms with Crippen LogP contribution in [0.5, 0.6) is 0 Å². The first-order valence-corrected chi connectivity index (χ1v) is 5.99. The predicted molar refractivity (Wildman–Crippen MR) is 71.2 cm³/mol. The largest absolute Gasteiger partial charge is 0.313 e. The highest BCUT2D eigenvalue weighted by Gasteiger charge is 2.09. The summed E-state index contributed by atoms with van der Waals surface area (Å²) < 4.78 is 0. The smallest absolute Gasteiger partial charge is 0.0408 e. The third kappa shape index (κ3) is 3.29. The summed E-state index contributed by atoms with van der Waals surface area (Å²) in [7, 11) is 1.97. The van der Waals surface area contributed by atoms with E-state index in [-0.39, 0.29) is 6.04 Å². The SMILES string of the molecule is CNC(Cc1cccc(Cl)c1)c1ccncc1. The van der Waals surface area contributed by atoms with E-state index in [9.17, 15) is 0 Å². The molecule has 1 N–H and O–H groups in total. The Morgan fingerprint density at radius 1 is 1.24 bits per heavy atom. The Morgan fingerprint density at radius 2 is 2.00 bits per heavy atom. The minimum Gasteiger partial charge on any atom is -0.313 e. The lowest BCUT2D eigenvalue weighted by molar-refractivity contribution is 0.591. The van der Waals surface area contributed by atoms with Crippen LogP contribution in [0.25, 0.3) is 0 Å². The second-order valence-corrected chi connectivity index (χ2v) is 4.39. The van der Waals surface area contributed by atoms with E-state index in [1.54, 1.807) is 0 Å². The average molecular weight is 247 g/mol. The van der Waals surface area contributed by atoms with E-state index in [1.807, 2.05) is 49.8 Å². The molecule has 2 rings (SSSR count). The van der Waals surface area contributed by atoms with Gasteiger partial charge >= 0.3 is 0 Å². The Morgan fingerprint density at radius 3 is 2.65 bits per heavy atom. The second-order valence-electron chi connectivity index (χ2n) is 3.96. The van der Waals surface area contributed by atoms with Crippen molar-refractivity contribution in [2.75, 3.05) is 7.05 Å². The highest BCUT2D eigenvalue weighted by atomic mass is 35.5. The number of halogens is 1. The number of likely N-dealkylation sites (N-methyl/N-ethyl adjacent to an activating group) is 1. The first kappa shape index (κ1) is 12.1. The van der Waals surface area contributed by atoms with Crippen molar-refractivity contribution in [3.8, 4) is 0 Å². The molecule has 0 aliphatic heterocycles. The quantitative estimate of drug-likeness (QED) is 0.896. The van der Waals surface area contributed by atoms with E-state index in [2.05, 4.69) is 16.4 Å². The predicted octanol–water partition coefficient (Wildman–Crippen LogP) is 3.24. The van der Waals surface area contributed by atoms with Crippen molar-refractivity contribution < 1.29 is 0 Å². The molecule has 0 fully saturated rings. The molecule has 2 aromatic rings. The topological polar surface area (TPSA) is 24.9 Å². The van der Waals surface area contributed by atoms with E-state index in [4.69, 9.17) is 11.6 Å². The molecule has 0 aliphatic rings. The molecule has 0 aliphatic carbocycles. The van der Waals surface area contributed by atoms with Gasteiger partial charge in [-0.1, -0.05) is 23.7 Å². The molecule has 1 unspecified atom stereocenters. The fourth-order valence-corrected chi connectivity index (χ4v) is 2.09. The summed E-state index contributed by atoms with van der Waals surface area (Å²) in [6.45, 7) is 0. The molecule has 1 aromatic carbocycles. The Kier molecular flexibility index (Phi) is 4.13. The van der Waals surface area contributed by atoms with Crippen LogP contribution in [0.4, 0.5) is 0 Å². The van der Waals surface area contributed by atoms with Crippen LogP contribution in [-0.2, 0) is 6.42 Å². The molecule has 0 saturated heterocycles. The van der Waals surface area contributed by atoms with Gasteiger partial charge in [0.15, 0.2) is 0 Å². The molecule has 2 nitrogen and oxygen atoms in total. The molecule has 0 amide bonds. The summed E-state index contributed by atoms with van der Waals surface area (Å²) in [5.41, 5.74) is 2.47. The summed E-state index contributed by atoms with van der Waals surface area (Å²) in [5, 5.41) is 4.10. The fourth-order valence-electron chi connectivity index (χ4n) is 1.88. The van der Waals surface area contributed by atoms with Gasteiger partial charge < -0.3 is 5.32 Å². The third-order valence-corrected chi connectivity index (χ3v) is 3.02. The lowest BCUT2D eigenvalue weighted by Crippen LogP contribution is -2.18. The second kappa shape index (κ2) is 5.80. The number of aromatic nitrogens is 1. The van der Waals surface area contributed by atoms with Crippen molar-refractivity contribution in [1.29, 1.82) is 0 Å². The average Bonchev–Trinajstić information content (AvgIpc) is 2.37. The summed E-state index contributed by atoms with van der Waals surface area (Å²) in [6.07, 6.45) is 4.55. The van der Waals surface area contributed by atoms with E-state index >= 15 is 0 Å². The van der Waals surface area contributed by atoms with Crippen molar-refractivity contribution in [3.63, 3.8) is 0 Å². The zero-order valence-electron chi connectivity index (χ0n) is 9.73. The number of hydrogen-bond acceptors (Lipinski definition) is 2. The number of rotatable bonds is 4. The van der Waals surface area contributed by atoms with Gasteiger partial charge in [-0.3, -0.25) is 4.98 Å². The van der Waals surface area contributed by atoms with Gasteiger partial charge in [-0.05, 0) is 48.9 Å². The maximum atomic E-state index is 5.99. The monoisotopic (exact) mass is 246 g/mol. The number of hydrogen-bond donors (Lipinski definition) is 1. The van der Waals surface area contributed by atoms with E-state index < -0.39 is 0 Å². The number of benzene rings is 1. The van der Waals surface area contributed by atoms with Crippen molar-refractivity contribution in [2.24, 2.45) is 0 Å². The lowest BCUT2D eigenvalue weighted by Gasteiger charge is -2.16. The van der Waals surface area contributed by atoms with Crippen LogP contribution >= 0.6 is 11.6 Å². The summed E-state index contributed by atoms with van der Waals surface area (Å²) in [4.78, 5) is 4.03. The number of nitrogens with one attached hydrogen (secondary N) is 1. The molecule has 1 heterocycles. The van der Waals surface area contributed by atoms with Gasteiger partial charge in [-0.15, -0.1) is 0 Å². The highest BCUT2D eigenvalue weighted by Crippen LogP contribution is 2.19. The lowest BCUT2D eigenvalue weighted by atomic mass is 10.00. The standard InChI is InChI=1S/C14H15ClN2/c1-16-14(12-5-7-17-8-6-12)10-11-3-2-4-13(15)9-11/h2-9,14,16H,10H2,1H3. The maximum absolute atomic E-state index is 5.99.